The normalized spacial score (nSPS) is 19.5. The van der Waals surface area contributed by atoms with Crippen LogP contribution in [-0.4, -0.2) is 35.3 Å². The Morgan fingerprint density at radius 3 is 2.55 bits per heavy atom. The molecular weight excluding hydrogens is 446 g/mol. The second kappa shape index (κ2) is 8.04. The first-order chi connectivity index (χ1) is 15.9. The maximum atomic E-state index is 13.5. The molecule has 2 aliphatic rings. The summed E-state index contributed by atoms with van der Waals surface area (Å²) in [5, 5.41) is 19.7. The number of benzene rings is 2. The summed E-state index contributed by atoms with van der Waals surface area (Å²) in [6.07, 6.45) is 0.798. The van der Waals surface area contributed by atoms with E-state index in [1.165, 1.54) is 6.07 Å². The Labute approximate surface area is 194 Å². The largest absolute Gasteiger partial charge is 0.508 e. The molecule has 0 unspecified atom stereocenters. The average Bonchev–Trinajstić information content (AvgIpc) is 3.19. The molecule has 0 radical (unpaired) electrons. The number of hydrogen-bond acceptors (Lipinski definition) is 6. The molecule has 0 saturated carbocycles. The fraction of sp³-hybridized carbons (Fsp3) is 0.250. The van der Waals surface area contributed by atoms with E-state index in [9.17, 15) is 14.7 Å². The SMILES string of the molecule is COc1ccc([C@@H]2CC(=O)C3=C(C2)Nc2[nH][nH]c(=O)c2[C@@H]3c2cc(Cl)ccc2O)cc1OC. The van der Waals surface area contributed by atoms with Crippen molar-refractivity contribution in [3.63, 3.8) is 0 Å². The second-order valence-corrected chi connectivity index (χ2v) is 8.60. The minimum absolute atomic E-state index is 0.0282. The third-order valence-electron chi connectivity index (χ3n) is 6.36. The summed E-state index contributed by atoms with van der Waals surface area (Å²) in [4.78, 5) is 26.2. The number of aromatic hydroxyl groups is 1. The lowest BCUT2D eigenvalue weighted by Crippen LogP contribution is -2.31. The number of halogens is 1. The van der Waals surface area contributed by atoms with Crippen LogP contribution in [0.15, 0.2) is 52.5 Å². The van der Waals surface area contributed by atoms with Gasteiger partial charge >= 0.3 is 0 Å². The van der Waals surface area contributed by atoms with Crippen LogP contribution in [0.2, 0.25) is 5.02 Å². The highest BCUT2D eigenvalue weighted by atomic mass is 35.5. The molecule has 33 heavy (non-hydrogen) atoms. The molecule has 0 fully saturated rings. The van der Waals surface area contributed by atoms with Gasteiger partial charge < -0.3 is 19.9 Å². The van der Waals surface area contributed by atoms with Crippen LogP contribution in [0.1, 0.15) is 41.4 Å². The number of phenols is 1. The third-order valence-corrected chi connectivity index (χ3v) is 6.59. The first-order valence-corrected chi connectivity index (χ1v) is 10.8. The molecule has 0 saturated heterocycles. The van der Waals surface area contributed by atoms with Gasteiger partial charge in [-0.3, -0.25) is 19.8 Å². The number of anilines is 1. The molecule has 0 bridgehead atoms. The quantitative estimate of drug-likeness (QED) is 0.460. The number of rotatable bonds is 4. The Bertz CT molecular complexity index is 1360. The van der Waals surface area contributed by atoms with Crippen LogP contribution in [0.25, 0.3) is 0 Å². The number of carbonyl (C=O) groups excluding carboxylic acids is 1. The number of nitrogens with one attached hydrogen (secondary N) is 3. The zero-order chi connectivity index (χ0) is 23.3. The number of phenolic OH excluding ortho intramolecular Hbond substituents is 1. The molecule has 2 aromatic carbocycles. The number of Topliss-reactive ketones (excluding diaryl/α,β-unsaturated/α-hetero) is 1. The van der Waals surface area contributed by atoms with Gasteiger partial charge in [0.1, 0.15) is 11.6 Å². The lowest BCUT2D eigenvalue weighted by atomic mass is 9.72. The number of ketones is 1. The summed E-state index contributed by atoms with van der Waals surface area (Å²) in [6.45, 7) is 0. The molecule has 1 aromatic heterocycles. The first kappa shape index (κ1) is 21.2. The fourth-order valence-electron chi connectivity index (χ4n) is 4.83. The summed E-state index contributed by atoms with van der Waals surface area (Å²) in [5.74, 6) is 0.735. The van der Waals surface area contributed by atoms with Crippen molar-refractivity contribution in [2.75, 3.05) is 19.5 Å². The smallest absolute Gasteiger partial charge is 0.270 e. The van der Waals surface area contributed by atoms with Gasteiger partial charge in [-0.2, -0.15) is 0 Å². The van der Waals surface area contributed by atoms with Crippen LogP contribution >= 0.6 is 11.6 Å². The maximum Gasteiger partial charge on any atom is 0.270 e. The fourth-order valence-corrected chi connectivity index (χ4v) is 5.01. The Morgan fingerprint density at radius 1 is 1.00 bits per heavy atom. The highest BCUT2D eigenvalue weighted by Gasteiger charge is 2.41. The van der Waals surface area contributed by atoms with Crippen molar-refractivity contribution in [3.05, 3.63) is 79.7 Å². The van der Waals surface area contributed by atoms with Crippen molar-refractivity contribution in [1.82, 2.24) is 10.2 Å². The molecule has 9 heteroatoms. The molecule has 4 N–H and O–H groups in total. The molecule has 1 aliphatic carbocycles. The van der Waals surface area contributed by atoms with Gasteiger partial charge in [0.2, 0.25) is 0 Å². The molecule has 0 spiro atoms. The summed E-state index contributed by atoms with van der Waals surface area (Å²) in [5.41, 5.74) is 2.54. The summed E-state index contributed by atoms with van der Waals surface area (Å²) in [6, 6.07) is 10.3. The van der Waals surface area contributed by atoms with Gasteiger partial charge in [0.15, 0.2) is 17.3 Å². The van der Waals surface area contributed by atoms with E-state index in [0.29, 0.717) is 51.2 Å². The van der Waals surface area contributed by atoms with Crippen LogP contribution in [0.5, 0.6) is 17.2 Å². The lowest BCUT2D eigenvalue weighted by Gasteiger charge is -2.35. The maximum absolute atomic E-state index is 13.5. The van der Waals surface area contributed by atoms with Gasteiger partial charge in [0.05, 0.1) is 25.7 Å². The number of aromatic amines is 2. The van der Waals surface area contributed by atoms with E-state index in [4.69, 9.17) is 21.1 Å². The summed E-state index contributed by atoms with van der Waals surface area (Å²) in [7, 11) is 3.15. The van der Waals surface area contributed by atoms with Gasteiger partial charge in [0.25, 0.3) is 5.56 Å². The van der Waals surface area contributed by atoms with Crippen LogP contribution in [0, 0.1) is 0 Å². The Kier molecular flexibility index (Phi) is 5.17. The van der Waals surface area contributed by atoms with E-state index in [0.717, 1.165) is 5.56 Å². The number of aromatic nitrogens is 2. The van der Waals surface area contributed by atoms with E-state index in [2.05, 4.69) is 15.5 Å². The Balaban J connectivity index is 1.61. The zero-order valence-corrected chi connectivity index (χ0v) is 18.7. The molecule has 170 valence electrons. The van der Waals surface area contributed by atoms with E-state index >= 15 is 0 Å². The van der Waals surface area contributed by atoms with Crippen LogP contribution in [0.4, 0.5) is 5.82 Å². The second-order valence-electron chi connectivity index (χ2n) is 8.16. The number of ether oxygens (including phenoxy) is 2. The van der Waals surface area contributed by atoms with Crippen LogP contribution < -0.4 is 20.3 Å². The molecule has 8 nitrogen and oxygen atoms in total. The van der Waals surface area contributed by atoms with Crippen molar-refractivity contribution in [3.8, 4) is 17.2 Å². The number of fused-ring (bicyclic) bond motifs is 1. The number of carbonyl (C=O) groups is 1. The summed E-state index contributed by atoms with van der Waals surface area (Å²) >= 11 is 6.20. The monoisotopic (exact) mass is 467 g/mol. The van der Waals surface area contributed by atoms with E-state index in [-0.39, 0.29) is 29.4 Å². The Hall–Kier alpha value is -3.65. The zero-order valence-electron chi connectivity index (χ0n) is 18.0. The highest BCUT2D eigenvalue weighted by Crippen LogP contribution is 2.49. The van der Waals surface area contributed by atoms with Crippen LogP contribution in [0.3, 0.4) is 0 Å². The van der Waals surface area contributed by atoms with E-state index < -0.39 is 5.92 Å². The molecular formula is C24H22ClN3O5. The van der Waals surface area contributed by atoms with Gasteiger partial charge in [-0.1, -0.05) is 17.7 Å². The number of H-pyrrole nitrogens is 2. The van der Waals surface area contributed by atoms with Crippen molar-refractivity contribution >= 4 is 23.2 Å². The predicted octanol–water partition coefficient (Wildman–Crippen LogP) is 4.04. The topological polar surface area (TPSA) is 116 Å². The molecule has 3 aromatic rings. The van der Waals surface area contributed by atoms with Gasteiger partial charge in [-0.25, -0.2) is 0 Å². The summed E-state index contributed by atoms with van der Waals surface area (Å²) < 4.78 is 10.8. The highest BCUT2D eigenvalue weighted by molar-refractivity contribution is 6.30. The van der Waals surface area contributed by atoms with E-state index in [1.807, 2.05) is 18.2 Å². The third kappa shape index (κ3) is 3.47. The number of methoxy groups -OCH3 is 2. The van der Waals surface area contributed by atoms with Crippen molar-refractivity contribution in [2.24, 2.45) is 0 Å². The van der Waals surface area contributed by atoms with Gasteiger partial charge in [0, 0.05) is 28.3 Å². The van der Waals surface area contributed by atoms with Gasteiger partial charge in [-0.05, 0) is 48.2 Å². The standard InChI is InChI=1S/C24H22ClN3O5/c1-32-18-6-3-11(9-19(18)33-2)12-7-15-21(17(30)8-12)20(14-10-13(25)4-5-16(14)29)22-23(26-15)27-28-24(22)31/h3-6,9-10,12,20,29H,7-8H2,1-2H3,(H3,26,27,28,31)/t12-,20+/m0/s1. The van der Waals surface area contributed by atoms with Crippen molar-refractivity contribution < 1.29 is 19.4 Å². The van der Waals surface area contributed by atoms with Crippen molar-refractivity contribution in [2.45, 2.75) is 24.7 Å². The molecule has 1 aliphatic heterocycles. The van der Waals surface area contributed by atoms with Crippen molar-refractivity contribution in [1.29, 1.82) is 0 Å². The van der Waals surface area contributed by atoms with Crippen LogP contribution in [-0.2, 0) is 4.79 Å². The predicted molar refractivity (Wildman–Crippen MR) is 124 cm³/mol. The van der Waals surface area contributed by atoms with E-state index in [1.54, 1.807) is 26.4 Å². The number of allylic oxidation sites excluding steroid dienone is 2. The average molecular weight is 468 g/mol. The first-order valence-electron chi connectivity index (χ1n) is 10.4. The molecule has 2 atom stereocenters. The molecule has 2 heterocycles. The molecule has 0 amide bonds. The van der Waals surface area contributed by atoms with Gasteiger partial charge in [-0.15, -0.1) is 0 Å². The molecule has 5 rings (SSSR count). The Morgan fingerprint density at radius 2 is 1.79 bits per heavy atom. The lowest BCUT2D eigenvalue weighted by molar-refractivity contribution is -0.116. The minimum atomic E-state index is -0.733. The minimum Gasteiger partial charge on any atom is -0.508 e. The number of hydrogen-bond donors (Lipinski definition) is 4.